The van der Waals surface area contributed by atoms with Crippen LogP contribution in [-0.4, -0.2) is 37.1 Å². The van der Waals surface area contributed by atoms with E-state index < -0.39 is 22.8 Å². The maximum Gasteiger partial charge on any atom is 0.336 e. The molecule has 0 saturated heterocycles. The van der Waals surface area contributed by atoms with Crippen LogP contribution in [-0.2, 0) is 25.6 Å². The number of hydrogen-bond acceptors (Lipinski definition) is 8. The average Bonchev–Trinajstić information content (AvgIpc) is 2.83. The number of benzene rings is 2. The van der Waals surface area contributed by atoms with Crippen LogP contribution in [0, 0.1) is 10.1 Å². The number of non-ortho nitro benzene ring substituents is 1. The quantitative estimate of drug-likeness (QED) is 0.231. The van der Waals surface area contributed by atoms with Gasteiger partial charge in [-0.1, -0.05) is 42.5 Å². The van der Waals surface area contributed by atoms with Gasteiger partial charge in [0.2, 0.25) is 0 Å². The summed E-state index contributed by atoms with van der Waals surface area (Å²) in [5, 5.41) is 17.6. The summed E-state index contributed by atoms with van der Waals surface area (Å²) in [6, 6.07) is 15.7. The highest BCUT2D eigenvalue weighted by molar-refractivity contribution is 5.99. The van der Waals surface area contributed by atoms with Gasteiger partial charge in [-0.2, -0.15) is 0 Å². The minimum atomic E-state index is -0.877. The van der Waals surface area contributed by atoms with E-state index in [1.54, 1.807) is 19.9 Å². The molecular formula is C25H28ClN3O6. The Morgan fingerprint density at radius 2 is 1.69 bits per heavy atom. The maximum atomic E-state index is 13.2. The molecule has 0 radical (unpaired) electrons. The van der Waals surface area contributed by atoms with Crippen LogP contribution >= 0.6 is 12.4 Å². The van der Waals surface area contributed by atoms with Crippen LogP contribution < -0.4 is 10.6 Å². The van der Waals surface area contributed by atoms with Crippen molar-refractivity contribution < 1.29 is 24.0 Å². The van der Waals surface area contributed by atoms with Crippen molar-refractivity contribution in [2.45, 2.75) is 26.3 Å². The van der Waals surface area contributed by atoms with Crippen molar-refractivity contribution in [3.05, 3.63) is 98.4 Å². The molecule has 0 saturated carbocycles. The lowest BCUT2D eigenvalue weighted by Gasteiger charge is -2.30. The molecule has 2 aromatic carbocycles. The molecule has 1 atom stereocenters. The predicted molar refractivity (Wildman–Crippen MR) is 133 cm³/mol. The number of methoxy groups -OCH3 is 1. The van der Waals surface area contributed by atoms with Gasteiger partial charge in [-0.3, -0.25) is 10.1 Å². The van der Waals surface area contributed by atoms with Crippen molar-refractivity contribution in [1.29, 1.82) is 0 Å². The smallest absolute Gasteiger partial charge is 0.336 e. The van der Waals surface area contributed by atoms with Crippen LogP contribution in [0.15, 0.2) is 77.1 Å². The molecule has 10 heteroatoms. The highest BCUT2D eigenvalue weighted by Gasteiger charge is 2.38. The molecule has 0 spiro atoms. The second kappa shape index (κ2) is 12.7. The second-order valence-electron chi connectivity index (χ2n) is 7.78. The fourth-order valence-corrected chi connectivity index (χ4v) is 3.92. The first-order valence-electron chi connectivity index (χ1n) is 10.8. The number of hydrogen-bond donors (Lipinski definition) is 2. The van der Waals surface area contributed by atoms with Gasteiger partial charge in [0, 0.05) is 36.6 Å². The summed E-state index contributed by atoms with van der Waals surface area (Å²) in [4.78, 5) is 36.6. The summed E-state index contributed by atoms with van der Waals surface area (Å²) in [6.45, 7) is 4.56. The monoisotopic (exact) mass is 501 g/mol. The van der Waals surface area contributed by atoms with E-state index >= 15 is 0 Å². The Morgan fingerprint density at radius 3 is 2.31 bits per heavy atom. The molecule has 1 aliphatic rings. The molecule has 0 bridgehead atoms. The number of esters is 2. The minimum Gasteiger partial charge on any atom is -0.466 e. The van der Waals surface area contributed by atoms with Crippen molar-refractivity contribution in [2.24, 2.45) is 0 Å². The van der Waals surface area contributed by atoms with Gasteiger partial charge < -0.3 is 20.1 Å². The van der Waals surface area contributed by atoms with E-state index in [0.29, 0.717) is 30.0 Å². The molecular weight excluding hydrogens is 474 g/mol. The third-order valence-electron chi connectivity index (χ3n) is 5.48. The first-order valence-corrected chi connectivity index (χ1v) is 10.8. The Morgan fingerprint density at radius 1 is 1.03 bits per heavy atom. The molecule has 3 rings (SSSR count). The van der Waals surface area contributed by atoms with Crippen LogP contribution in [0.4, 0.5) is 5.69 Å². The van der Waals surface area contributed by atoms with Crippen LogP contribution in [0.25, 0.3) is 0 Å². The number of ether oxygens (including phenoxy) is 2. The van der Waals surface area contributed by atoms with Crippen molar-refractivity contribution in [3.63, 3.8) is 0 Å². The van der Waals surface area contributed by atoms with Gasteiger partial charge in [-0.05, 0) is 25.0 Å². The first-order chi connectivity index (χ1) is 16.3. The zero-order valence-corrected chi connectivity index (χ0v) is 20.5. The number of nitro groups is 1. The van der Waals surface area contributed by atoms with E-state index in [4.69, 9.17) is 9.47 Å². The van der Waals surface area contributed by atoms with Gasteiger partial charge in [0.15, 0.2) is 0 Å². The maximum absolute atomic E-state index is 13.2. The number of halogens is 1. The summed E-state index contributed by atoms with van der Waals surface area (Å²) >= 11 is 0. The molecule has 35 heavy (non-hydrogen) atoms. The Labute approximate surface area is 209 Å². The van der Waals surface area contributed by atoms with E-state index in [9.17, 15) is 19.7 Å². The minimum absolute atomic E-state index is 0. The van der Waals surface area contributed by atoms with E-state index in [2.05, 4.69) is 10.6 Å². The Hall–Kier alpha value is -3.69. The number of nitrogens with zero attached hydrogens (tertiary/aromatic N) is 1. The van der Waals surface area contributed by atoms with Gasteiger partial charge in [0.25, 0.3) is 5.69 Å². The average molecular weight is 502 g/mol. The fourth-order valence-electron chi connectivity index (χ4n) is 3.92. The normalized spacial score (nSPS) is 15.1. The highest BCUT2D eigenvalue weighted by Crippen LogP contribution is 2.40. The number of carbonyl (C=O) groups is 2. The Bertz CT molecular complexity index is 1150. The Kier molecular flexibility index (Phi) is 9.98. The van der Waals surface area contributed by atoms with Gasteiger partial charge in [0.1, 0.15) is 6.61 Å². The lowest BCUT2D eigenvalue weighted by molar-refractivity contribution is -0.384. The molecule has 2 aromatic rings. The number of rotatable bonds is 9. The molecule has 0 fully saturated rings. The molecule has 1 unspecified atom stereocenters. The molecule has 1 aliphatic heterocycles. The molecule has 2 N–H and O–H groups in total. The molecule has 186 valence electrons. The van der Waals surface area contributed by atoms with Crippen molar-refractivity contribution in [1.82, 2.24) is 10.6 Å². The van der Waals surface area contributed by atoms with E-state index in [1.165, 1.54) is 25.3 Å². The molecule has 1 heterocycles. The standard InChI is InChI=1S/C25H27N3O6.ClH/c1-16-21(24(29)33-3)23(19-10-7-11-20(14-19)28(31)32)22(17(2)27-16)25(30)34-13-12-26-15-18-8-5-4-6-9-18;/h4-11,14,23,26-27H,12-13,15H2,1-3H3;1H. The second-order valence-corrected chi connectivity index (χ2v) is 7.78. The number of nitro benzene ring substituents is 1. The van der Waals surface area contributed by atoms with Gasteiger partial charge in [0.05, 0.1) is 29.1 Å². The van der Waals surface area contributed by atoms with E-state index in [-0.39, 0.29) is 35.8 Å². The van der Waals surface area contributed by atoms with Crippen LogP contribution in [0.3, 0.4) is 0 Å². The van der Waals surface area contributed by atoms with Gasteiger partial charge >= 0.3 is 11.9 Å². The highest BCUT2D eigenvalue weighted by atomic mass is 35.5. The lowest BCUT2D eigenvalue weighted by Crippen LogP contribution is -2.33. The molecule has 0 aliphatic carbocycles. The summed E-state index contributed by atoms with van der Waals surface area (Å²) < 4.78 is 10.5. The summed E-state index contributed by atoms with van der Waals surface area (Å²) in [6.07, 6.45) is 0. The van der Waals surface area contributed by atoms with Crippen LogP contribution in [0.5, 0.6) is 0 Å². The summed E-state index contributed by atoms with van der Waals surface area (Å²) in [5.74, 6) is -2.13. The van der Waals surface area contributed by atoms with E-state index in [0.717, 1.165) is 5.56 Å². The third kappa shape index (κ3) is 6.68. The van der Waals surface area contributed by atoms with Gasteiger partial charge in [-0.25, -0.2) is 9.59 Å². The van der Waals surface area contributed by atoms with Crippen molar-refractivity contribution in [2.75, 3.05) is 20.3 Å². The number of nitrogens with one attached hydrogen (secondary N) is 2. The first kappa shape index (κ1) is 27.6. The van der Waals surface area contributed by atoms with Crippen molar-refractivity contribution >= 4 is 30.0 Å². The third-order valence-corrected chi connectivity index (χ3v) is 5.48. The fraction of sp³-hybridized carbons (Fsp3) is 0.280. The van der Waals surface area contributed by atoms with Crippen LogP contribution in [0.2, 0.25) is 0 Å². The zero-order chi connectivity index (χ0) is 24.7. The van der Waals surface area contributed by atoms with E-state index in [1.807, 2.05) is 30.3 Å². The topological polar surface area (TPSA) is 120 Å². The Balaban J connectivity index is 0.00000432. The van der Waals surface area contributed by atoms with Crippen molar-refractivity contribution in [3.8, 4) is 0 Å². The summed E-state index contributed by atoms with van der Waals surface area (Å²) in [7, 11) is 1.24. The molecule has 0 aromatic heterocycles. The number of allylic oxidation sites excluding steroid dienone is 2. The largest absolute Gasteiger partial charge is 0.466 e. The number of dihydropyridines is 1. The predicted octanol–water partition coefficient (Wildman–Crippen LogP) is 3.76. The molecule has 0 amide bonds. The van der Waals surface area contributed by atoms with Gasteiger partial charge in [-0.15, -0.1) is 12.4 Å². The summed E-state index contributed by atoms with van der Waals surface area (Å²) in [5.41, 5.74) is 2.79. The SMILES string of the molecule is COC(=O)C1=C(C)NC(C)=C(C(=O)OCCNCc2ccccc2)C1c1cccc([N+](=O)[O-])c1.Cl. The van der Waals surface area contributed by atoms with Crippen LogP contribution in [0.1, 0.15) is 30.9 Å². The molecule has 9 nitrogen and oxygen atoms in total. The zero-order valence-electron chi connectivity index (χ0n) is 19.7. The lowest BCUT2D eigenvalue weighted by atomic mass is 9.80. The number of carbonyl (C=O) groups excluding carboxylic acids is 2.